The van der Waals surface area contributed by atoms with Gasteiger partial charge in [-0.15, -0.1) is 0 Å². The highest BCUT2D eigenvalue weighted by Crippen LogP contribution is 2.50. The number of nitrogens with zero attached hydrogens (tertiary/aromatic N) is 1. The van der Waals surface area contributed by atoms with Gasteiger partial charge in [-0.1, -0.05) is 60.7 Å². The largest absolute Gasteiger partial charge is 0.395 e. The lowest BCUT2D eigenvalue weighted by atomic mass is 9.74. The molecule has 0 aromatic heterocycles. The molecule has 2 atom stereocenters. The molecule has 1 heterocycles. The first-order valence-electron chi connectivity index (χ1n) is 8.24. The molecule has 1 aliphatic heterocycles. The number of carbonyl (C=O) groups excluding carboxylic acids is 1. The zero-order chi connectivity index (χ0) is 15.9. The predicted molar refractivity (Wildman–Crippen MR) is 89.1 cm³/mol. The van der Waals surface area contributed by atoms with E-state index in [-0.39, 0.29) is 23.8 Å². The molecule has 0 unspecified atom stereocenters. The van der Waals surface area contributed by atoms with E-state index in [9.17, 15) is 9.90 Å². The molecule has 1 amide bonds. The van der Waals surface area contributed by atoms with Crippen molar-refractivity contribution in [1.29, 1.82) is 0 Å². The van der Waals surface area contributed by atoms with Crippen LogP contribution in [0.15, 0.2) is 60.7 Å². The van der Waals surface area contributed by atoms with Crippen LogP contribution in [0.2, 0.25) is 0 Å². The number of aliphatic hydroxyl groups is 1. The first kappa shape index (κ1) is 14.5. The van der Waals surface area contributed by atoms with E-state index in [1.807, 2.05) is 53.4 Å². The van der Waals surface area contributed by atoms with Crippen LogP contribution in [-0.4, -0.2) is 35.6 Å². The molecule has 3 nitrogen and oxygen atoms in total. The molecule has 23 heavy (non-hydrogen) atoms. The van der Waals surface area contributed by atoms with E-state index >= 15 is 0 Å². The fourth-order valence-corrected chi connectivity index (χ4v) is 3.78. The summed E-state index contributed by atoms with van der Waals surface area (Å²) in [7, 11) is 0. The Morgan fingerprint density at radius 2 is 1.65 bits per heavy atom. The Kier molecular flexibility index (Phi) is 3.46. The average Bonchev–Trinajstić information content (AvgIpc) is 3.37. The summed E-state index contributed by atoms with van der Waals surface area (Å²) >= 11 is 0. The highest BCUT2D eigenvalue weighted by Gasteiger charge is 2.52. The summed E-state index contributed by atoms with van der Waals surface area (Å²) in [6.45, 7) is 1.35. The number of amides is 1. The summed E-state index contributed by atoms with van der Waals surface area (Å²) in [6, 6.07) is 20.3. The molecule has 1 N–H and O–H groups in total. The van der Waals surface area contributed by atoms with Gasteiger partial charge in [0, 0.05) is 19.0 Å². The zero-order valence-electron chi connectivity index (χ0n) is 13.1. The minimum Gasteiger partial charge on any atom is -0.395 e. The van der Waals surface area contributed by atoms with Crippen LogP contribution in [0.25, 0.3) is 0 Å². The number of carbonyl (C=O) groups is 1. The first-order valence-corrected chi connectivity index (χ1v) is 8.24. The summed E-state index contributed by atoms with van der Waals surface area (Å²) in [5.41, 5.74) is 2.12. The molecular weight excluding hydrogens is 286 g/mol. The Balaban J connectivity index is 1.41. The highest BCUT2D eigenvalue weighted by atomic mass is 16.3. The van der Waals surface area contributed by atoms with Gasteiger partial charge >= 0.3 is 0 Å². The third-order valence-electron chi connectivity index (χ3n) is 5.32. The zero-order valence-corrected chi connectivity index (χ0v) is 13.1. The van der Waals surface area contributed by atoms with Crippen molar-refractivity contribution in [3.05, 3.63) is 71.8 Å². The van der Waals surface area contributed by atoms with Crippen molar-refractivity contribution >= 4 is 5.91 Å². The van der Waals surface area contributed by atoms with Gasteiger partial charge < -0.3 is 10.0 Å². The van der Waals surface area contributed by atoms with E-state index in [1.54, 1.807) is 0 Å². The monoisotopic (exact) mass is 307 g/mol. The van der Waals surface area contributed by atoms with Crippen LogP contribution in [0, 0.1) is 5.92 Å². The maximum absolute atomic E-state index is 12.7. The summed E-state index contributed by atoms with van der Waals surface area (Å²) in [5.74, 6) is 0.758. The molecule has 3 heteroatoms. The van der Waals surface area contributed by atoms with Crippen LogP contribution in [0.1, 0.15) is 23.5 Å². The molecule has 0 radical (unpaired) electrons. The number of rotatable bonds is 4. The van der Waals surface area contributed by atoms with Gasteiger partial charge in [0.1, 0.15) is 0 Å². The van der Waals surface area contributed by atoms with Gasteiger partial charge in [0.2, 0.25) is 5.91 Å². The Labute approximate surface area is 136 Å². The summed E-state index contributed by atoms with van der Waals surface area (Å²) in [4.78, 5) is 14.6. The average molecular weight is 307 g/mol. The molecule has 2 aromatic carbocycles. The standard InChI is InChI=1S/C20H21NO2/c22-14-20(16-9-5-2-6-10-16)12-21(13-20)19(23)18-11-17(18)15-7-3-1-4-8-15/h1-10,17-18,22H,11-14H2/t17-,18+/m1/s1. The maximum Gasteiger partial charge on any atom is 0.226 e. The number of benzene rings is 2. The third kappa shape index (κ3) is 2.45. The molecule has 0 spiro atoms. The van der Waals surface area contributed by atoms with Crippen molar-refractivity contribution in [2.75, 3.05) is 19.7 Å². The number of likely N-dealkylation sites (tertiary alicyclic amines) is 1. The summed E-state index contributed by atoms with van der Waals surface area (Å²) < 4.78 is 0. The van der Waals surface area contributed by atoms with Gasteiger partial charge in [-0.25, -0.2) is 0 Å². The fourth-order valence-electron chi connectivity index (χ4n) is 3.78. The molecule has 2 aromatic rings. The van der Waals surface area contributed by atoms with Crippen LogP contribution in [0.3, 0.4) is 0 Å². The van der Waals surface area contributed by atoms with Crippen LogP contribution >= 0.6 is 0 Å². The molecule has 1 saturated heterocycles. The van der Waals surface area contributed by atoms with E-state index < -0.39 is 0 Å². The molecule has 4 rings (SSSR count). The second kappa shape index (κ2) is 5.50. The van der Waals surface area contributed by atoms with Crippen LogP contribution in [0.4, 0.5) is 0 Å². The molecule has 2 aliphatic rings. The van der Waals surface area contributed by atoms with Crippen molar-refractivity contribution in [2.45, 2.75) is 17.8 Å². The van der Waals surface area contributed by atoms with Crippen molar-refractivity contribution in [2.24, 2.45) is 5.92 Å². The quantitative estimate of drug-likeness (QED) is 0.943. The molecule has 118 valence electrons. The number of hydrogen-bond acceptors (Lipinski definition) is 2. The van der Waals surface area contributed by atoms with Crippen LogP contribution in [-0.2, 0) is 10.2 Å². The molecule has 1 saturated carbocycles. The van der Waals surface area contributed by atoms with E-state index in [0.29, 0.717) is 19.0 Å². The highest BCUT2D eigenvalue weighted by molar-refractivity contribution is 5.84. The summed E-state index contributed by atoms with van der Waals surface area (Å²) in [6.07, 6.45) is 0.955. The van der Waals surface area contributed by atoms with E-state index in [0.717, 1.165) is 12.0 Å². The molecule has 1 aliphatic carbocycles. The van der Waals surface area contributed by atoms with Crippen LogP contribution in [0.5, 0.6) is 0 Å². The smallest absolute Gasteiger partial charge is 0.226 e. The minimum absolute atomic E-state index is 0.0908. The van der Waals surface area contributed by atoms with E-state index in [2.05, 4.69) is 12.1 Å². The molecular formula is C20H21NO2. The lowest BCUT2D eigenvalue weighted by Gasteiger charge is -2.49. The Hall–Kier alpha value is -2.13. The van der Waals surface area contributed by atoms with Gasteiger partial charge in [-0.05, 0) is 23.5 Å². The van der Waals surface area contributed by atoms with Crippen LogP contribution < -0.4 is 0 Å². The van der Waals surface area contributed by atoms with Gasteiger partial charge in [0.05, 0.1) is 12.0 Å². The number of hydrogen-bond donors (Lipinski definition) is 1. The van der Waals surface area contributed by atoms with E-state index in [4.69, 9.17) is 0 Å². The topological polar surface area (TPSA) is 40.5 Å². The second-order valence-electron chi connectivity index (χ2n) is 6.86. The van der Waals surface area contributed by atoms with Crippen molar-refractivity contribution < 1.29 is 9.90 Å². The third-order valence-corrected chi connectivity index (χ3v) is 5.32. The van der Waals surface area contributed by atoms with Gasteiger partial charge in [-0.3, -0.25) is 4.79 Å². The van der Waals surface area contributed by atoms with Crippen molar-refractivity contribution in [1.82, 2.24) is 4.90 Å². The normalized spacial score (nSPS) is 24.8. The Morgan fingerprint density at radius 3 is 2.26 bits per heavy atom. The van der Waals surface area contributed by atoms with E-state index in [1.165, 1.54) is 5.56 Å². The first-order chi connectivity index (χ1) is 11.2. The number of aliphatic hydroxyl groups excluding tert-OH is 1. The van der Waals surface area contributed by atoms with Crippen molar-refractivity contribution in [3.8, 4) is 0 Å². The Bertz CT molecular complexity index is 692. The molecule has 0 bridgehead atoms. The predicted octanol–water partition coefficient (Wildman–Crippen LogP) is 2.56. The fraction of sp³-hybridized carbons (Fsp3) is 0.350. The molecule has 2 fully saturated rings. The van der Waals surface area contributed by atoms with Crippen molar-refractivity contribution in [3.63, 3.8) is 0 Å². The lowest BCUT2D eigenvalue weighted by Crippen LogP contribution is -2.63. The lowest BCUT2D eigenvalue weighted by molar-refractivity contribution is -0.142. The van der Waals surface area contributed by atoms with Gasteiger partial charge in [-0.2, -0.15) is 0 Å². The summed E-state index contributed by atoms with van der Waals surface area (Å²) in [5, 5.41) is 9.84. The Morgan fingerprint density at radius 1 is 1.04 bits per heavy atom. The minimum atomic E-state index is -0.270. The SMILES string of the molecule is O=C([C@H]1C[C@@H]1c1ccccc1)N1CC(CO)(c2ccccc2)C1. The van der Waals surface area contributed by atoms with Gasteiger partial charge in [0.25, 0.3) is 0 Å². The second-order valence-corrected chi connectivity index (χ2v) is 6.86. The van der Waals surface area contributed by atoms with Gasteiger partial charge in [0.15, 0.2) is 0 Å². The maximum atomic E-state index is 12.7.